The Balaban J connectivity index is 1.90. The minimum Gasteiger partial charge on any atom is -0.323 e. The van der Waals surface area contributed by atoms with Crippen molar-refractivity contribution in [3.63, 3.8) is 0 Å². The van der Waals surface area contributed by atoms with E-state index in [0.717, 1.165) is 10.5 Å². The molecule has 0 saturated carbocycles. The minimum absolute atomic E-state index is 0.0868. The number of benzene rings is 1. The van der Waals surface area contributed by atoms with Gasteiger partial charge >= 0.3 is 6.03 Å². The van der Waals surface area contributed by atoms with Crippen molar-refractivity contribution in [1.82, 2.24) is 10.3 Å². The first-order valence-corrected chi connectivity index (χ1v) is 8.07. The number of anilines is 1. The van der Waals surface area contributed by atoms with Crippen molar-refractivity contribution in [3.8, 4) is 6.07 Å². The van der Waals surface area contributed by atoms with Crippen LogP contribution in [0.25, 0.3) is 0 Å². The Kier molecular flexibility index (Phi) is 4.38. The van der Waals surface area contributed by atoms with Crippen LogP contribution in [0.3, 0.4) is 0 Å². The standard InChI is InChI=1S/C17H12Cl2N4O2/c1-17(8-10-2-4-11(9-20)5-3-10)15(24)23(16(25)22-17)12-6-13(18)21-14(19)7-12/h2-7H,8H2,1H3,(H,22,25). The molecule has 6 nitrogen and oxygen atoms in total. The molecule has 3 amide bonds. The van der Waals surface area contributed by atoms with Crippen LogP contribution in [0.1, 0.15) is 18.1 Å². The Bertz CT molecular complexity index is 888. The summed E-state index contributed by atoms with van der Waals surface area (Å²) in [6, 6.07) is 11.1. The maximum Gasteiger partial charge on any atom is 0.329 e. The van der Waals surface area contributed by atoms with Crippen molar-refractivity contribution in [1.29, 1.82) is 5.26 Å². The van der Waals surface area contributed by atoms with Gasteiger partial charge in [0.25, 0.3) is 5.91 Å². The van der Waals surface area contributed by atoms with Gasteiger partial charge in [0, 0.05) is 6.42 Å². The lowest BCUT2D eigenvalue weighted by molar-refractivity contribution is -0.121. The molecule has 1 saturated heterocycles. The number of imide groups is 1. The van der Waals surface area contributed by atoms with Crippen molar-refractivity contribution < 1.29 is 9.59 Å². The fourth-order valence-electron chi connectivity index (χ4n) is 2.73. The van der Waals surface area contributed by atoms with E-state index in [4.69, 9.17) is 28.5 Å². The van der Waals surface area contributed by atoms with Gasteiger partial charge in [0.2, 0.25) is 0 Å². The maximum absolute atomic E-state index is 12.9. The monoisotopic (exact) mass is 374 g/mol. The number of nitrogens with one attached hydrogen (secondary N) is 1. The number of urea groups is 1. The lowest BCUT2D eigenvalue weighted by atomic mass is 9.92. The average Bonchev–Trinajstić information content (AvgIpc) is 2.76. The molecule has 1 N–H and O–H groups in total. The molecule has 0 spiro atoms. The number of carbonyl (C=O) groups excluding carboxylic acids is 2. The minimum atomic E-state index is -1.12. The molecule has 8 heteroatoms. The van der Waals surface area contributed by atoms with Crippen molar-refractivity contribution in [2.75, 3.05) is 4.90 Å². The van der Waals surface area contributed by atoms with Crippen LogP contribution in [-0.4, -0.2) is 22.5 Å². The first-order valence-electron chi connectivity index (χ1n) is 7.31. The highest BCUT2D eigenvalue weighted by atomic mass is 35.5. The van der Waals surface area contributed by atoms with E-state index in [2.05, 4.69) is 10.3 Å². The molecule has 1 aliphatic rings. The van der Waals surface area contributed by atoms with E-state index >= 15 is 0 Å². The predicted octanol–water partition coefficient (Wildman–Crippen LogP) is 3.32. The van der Waals surface area contributed by atoms with Crippen molar-refractivity contribution in [2.24, 2.45) is 0 Å². The SMILES string of the molecule is CC1(Cc2ccc(C#N)cc2)NC(=O)N(c2cc(Cl)nc(Cl)c2)C1=O. The third kappa shape index (κ3) is 3.29. The van der Waals surface area contributed by atoms with Gasteiger partial charge in [-0.05, 0) is 36.8 Å². The zero-order valence-electron chi connectivity index (χ0n) is 13.1. The summed E-state index contributed by atoms with van der Waals surface area (Å²) in [5.41, 5.74) is 0.491. The van der Waals surface area contributed by atoms with Gasteiger partial charge < -0.3 is 5.32 Å². The van der Waals surface area contributed by atoms with E-state index < -0.39 is 17.5 Å². The van der Waals surface area contributed by atoms with Gasteiger partial charge in [-0.3, -0.25) is 4.79 Å². The number of pyridine rings is 1. The second kappa shape index (κ2) is 6.36. The smallest absolute Gasteiger partial charge is 0.323 e. The van der Waals surface area contributed by atoms with E-state index in [1.165, 1.54) is 12.1 Å². The second-order valence-electron chi connectivity index (χ2n) is 5.86. The van der Waals surface area contributed by atoms with Crippen LogP contribution < -0.4 is 10.2 Å². The largest absolute Gasteiger partial charge is 0.329 e. The first-order chi connectivity index (χ1) is 11.8. The molecule has 1 atom stereocenters. The molecule has 126 valence electrons. The Hall–Kier alpha value is -2.62. The van der Waals surface area contributed by atoms with E-state index in [9.17, 15) is 9.59 Å². The summed E-state index contributed by atoms with van der Waals surface area (Å²) in [5, 5.41) is 11.7. The number of hydrogen-bond donors (Lipinski definition) is 1. The fourth-order valence-corrected chi connectivity index (χ4v) is 3.17. The molecular weight excluding hydrogens is 363 g/mol. The number of hydrogen-bond acceptors (Lipinski definition) is 4. The lowest BCUT2D eigenvalue weighted by Gasteiger charge is -2.22. The predicted molar refractivity (Wildman–Crippen MR) is 93.5 cm³/mol. The zero-order chi connectivity index (χ0) is 18.2. The van der Waals surface area contributed by atoms with Gasteiger partial charge in [-0.15, -0.1) is 0 Å². The highest BCUT2D eigenvalue weighted by Crippen LogP contribution is 2.30. The number of rotatable bonds is 3. The van der Waals surface area contributed by atoms with Crippen LogP contribution in [0, 0.1) is 11.3 Å². The summed E-state index contributed by atoms with van der Waals surface area (Å²) in [6.45, 7) is 1.65. The van der Waals surface area contributed by atoms with Gasteiger partial charge in [0.05, 0.1) is 17.3 Å². The van der Waals surface area contributed by atoms with Crippen molar-refractivity contribution in [2.45, 2.75) is 18.9 Å². The molecule has 1 fully saturated rings. The van der Waals surface area contributed by atoms with Crippen molar-refractivity contribution in [3.05, 3.63) is 57.8 Å². The summed E-state index contributed by atoms with van der Waals surface area (Å²) in [5.74, 6) is -0.416. The summed E-state index contributed by atoms with van der Waals surface area (Å²) in [7, 11) is 0. The van der Waals surface area contributed by atoms with Crippen LogP contribution in [0.15, 0.2) is 36.4 Å². The zero-order valence-corrected chi connectivity index (χ0v) is 14.6. The summed E-state index contributed by atoms with van der Waals surface area (Å²) in [6.07, 6.45) is 0.284. The Morgan fingerprint density at radius 2 is 1.80 bits per heavy atom. The molecule has 0 radical (unpaired) electrons. The molecule has 1 aromatic heterocycles. The van der Waals surface area contributed by atoms with Crippen LogP contribution in [0.4, 0.5) is 10.5 Å². The summed E-state index contributed by atoms with van der Waals surface area (Å²) >= 11 is 11.7. The number of amides is 3. The molecule has 0 aliphatic carbocycles. The van der Waals surface area contributed by atoms with Crippen LogP contribution >= 0.6 is 23.2 Å². The first kappa shape index (κ1) is 17.2. The number of aromatic nitrogens is 1. The highest BCUT2D eigenvalue weighted by molar-refractivity contribution is 6.33. The molecule has 1 aromatic carbocycles. The van der Waals surface area contributed by atoms with Gasteiger partial charge in [-0.1, -0.05) is 35.3 Å². The lowest BCUT2D eigenvalue weighted by Crippen LogP contribution is -2.46. The average molecular weight is 375 g/mol. The number of nitriles is 1. The third-order valence-electron chi connectivity index (χ3n) is 3.91. The summed E-state index contributed by atoms with van der Waals surface area (Å²) in [4.78, 5) is 30.0. The normalized spacial score (nSPS) is 19.7. The van der Waals surface area contributed by atoms with Crippen LogP contribution in [-0.2, 0) is 11.2 Å². The molecule has 25 heavy (non-hydrogen) atoms. The fraction of sp³-hybridized carbons (Fsp3) is 0.176. The maximum atomic E-state index is 12.9. The highest BCUT2D eigenvalue weighted by Gasteiger charge is 2.48. The molecule has 2 heterocycles. The molecule has 1 unspecified atom stereocenters. The quantitative estimate of drug-likeness (QED) is 0.659. The molecule has 1 aliphatic heterocycles. The van der Waals surface area contributed by atoms with Gasteiger partial charge in [-0.2, -0.15) is 5.26 Å². The van der Waals surface area contributed by atoms with Gasteiger partial charge in [0.1, 0.15) is 15.8 Å². The summed E-state index contributed by atoms with van der Waals surface area (Å²) < 4.78 is 0. The Morgan fingerprint density at radius 3 is 2.36 bits per heavy atom. The number of nitrogens with zero attached hydrogens (tertiary/aromatic N) is 3. The van der Waals surface area contributed by atoms with E-state index in [0.29, 0.717) is 5.56 Å². The molecule has 0 bridgehead atoms. The molecule has 3 rings (SSSR count). The van der Waals surface area contributed by atoms with Gasteiger partial charge in [-0.25, -0.2) is 14.7 Å². The van der Waals surface area contributed by atoms with Gasteiger partial charge in [0.15, 0.2) is 0 Å². The van der Waals surface area contributed by atoms with Crippen LogP contribution in [0.5, 0.6) is 0 Å². The Labute approximate surface area is 154 Å². The topological polar surface area (TPSA) is 86.1 Å². The van der Waals surface area contributed by atoms with E-state index in [1.54, 1.807) is 31.2 Å². The van der Waals surface area contributed by atoms with Crippen LogP contribution in [0.2, 0.25) is 10.3 Å². The number of halogens is 2. The van der Waals surface area contributed by atoms with E-state index in [-0.39, 0.29) is 22.4 Å². The third-order valence-corrected chi connectivity index (χ3v) is 4.29. The molecular formula is C17H12Cl2N4O2. The number of carbonyl (C=O) groups is 2. The second-order valence-corrected chi connectivity index (χ2v) is 6.63. The van der Waals surface area contributed by atoms with Crippen molar-refractivity contribution >= 4 is 40.8 Å². The van der Waals surface area contributed by atoms with E-state index in [1.807, 2.05) is 6.07 Å². The Morgan fingerprint density at radius 1 is 1.20 bits per heavy atom. The molecule has 2 aromatic rings.